The van der Waals surface area contributed by atoms with Crippen LogP contribution in [0.15, 0.2) is 102 Å². The number of hydrogen-bond donors (Lipinski definition) is 1. The smallest absolute Gasteiger partial charge is 0.268 e. The van der Waals surface area contributed by atoms with Crippen LogP contribution >= 0.6 is 0 Å². The Hall–Kier alpha value is -3.90. The van der Waals surface area contributed by atoms with Gasteiger partial charge in [0, 0.05) is 34.1 Å². The number of nitrogens with zero attached hydrogens (tertiary/aromatic N) is 2. The summed E-state index contributed by atoms with van der Waals surface area (Å²) in [5, 5.41) is 2.95. The molecule has 3 heterocycles. The maximum Gasteiger partial charge on any atom is 0.268 e. The van der Waals surface area contributed by atoms with E-state index in [4.69, 9.17) is 4.98 Å². The van der Waals surface area contributed by atoms with Gasteiger partial charge in [0.15, 0.2) is 0 Å². The van der Waals surface area contributed by atoms with Crippen LogP contribution in [0.1, 0.15) is 0 Å². The van der Waals surface area contributed by atoms with Gasteiger partial charge in [0.25, 0.3) is 10.0 Å². The highest BCUT2D eigenvalue weighted by atomic mass is 32.2. The van der Waals surface area contributed by atoms with Crippen LogP contribution < -0.4 is 0 Å². The highest BCUT2D eigenvalue weighted by Gasteiger charge is 2.23. The minimum absolute atomic E-state index is 0.249. The first-order chi connectivity index (χ1) is 15.1. The first-order valence-electron chi connectivity index (χ1n) is 9.91. The van der Waals surface area contributed by atoms with E-state index in [9.17, 15) is 8.42 Å². The summed E-state index contributed by atoms with van der Waals surface area (Å²) in [6.45, 7) is 0. The molecule has 0 bridgehead atoms. The molecule has 0 amide bonds. The van der Waals surface area contributed by atoms with Crippen LogP contribution in [0.5, 0.6) is 0 Å². The molecule has 0 unspecified atom stereocenters. The highest BCUT2D eigenvalue weighted by Crippen LogP contribution is 2.37. The minimum Gasteiger partial charge on any atom is -0.359 e. The molecule has 0 aliphatic rings. The number of para-hydroxylation sites is 2. The number of nitrogens with one attached hydrogen (secondary N) is 1. The maximum absolute atomic E-state index is 13.5. The van der Waals surface area contributed by atoms with Crippen molar-refractivity contribution in [3.05, 3.63) is 97.3 Å². The average molecular weight is 423 g/mol. The number of rotatable bonds is 3. The number of aromatic amines is 1. The van der Waals surface area contributed by atoms with Crippen LogP contribution in [0.3, 0.4) is 0 Å². The van der Waals surface area contributed by atoms with Crippen molar-refractivity contribution in [1.82, 2.24) is 13.9 Å². The van der Waals surface area contributed by atoms with Crippen LogP contribution in [-0.4, -0.2) is 22.4 Å². The van der Waals surface area contributed by atoms with E-state index in [1.54, 1.807) is 36.5 Å². The molecule has 0 spiro atoms. The Kier molecular flexibility index (Phi) is 3.79. The van der Waals surface area contributed by atoms with Crippen molar-refractivity contribution in [2.24, 2.45) is 0 Å². The highest BCUT2D eigenvalue weighted by molar-refractivity contribution is 7.90. The first-order valence-corrected chi connectivity index (χ1v) is 11.4. The van der Waals surface area contributed by atoms with Crippen molar-refractivity contribution in [2.45, 2.75) is 4.90 Å². The van der Waals surface area contributed by atoms with Crippen molar-refractivity contribution in [2.75, 3.05) is 0 Å². The largest absolute Gasteiger partial charge is 0.359 e. The Bertz CT molecular complexity index is 1700. The van der Waals surface area contributed by atoms with Gasteiger partial charge in [0.05, 0.1) is 27.1 Å². The van der Waals surface area contributed by atoms with Gasteiger partial charge in [-0.1, -0.05) is 54.6 Å². The fourth-order valence-electron chi connectivity index (χ4n) is 4.20. The van der Waals surface area contributed by atoms with E-state index in [0.29, 0.717) is 5.52 Å². The zero-order valence-corrected chi connectivity index (χ0v) is 17.2. The van der Waals surface area contributed by atoms with Gasteiger partial charge in [-0.2, -0.15) is 0 Å². The molecule has 3 aromatic carbocycles. The molecule has 0 aliphatic heterocycles. The second-order valence-corrected chi connectivity index (χ2v) is 9.23. The molecular formula is C25H17N3O2S. The Labute approximate surface area is 178 Å². The Morgan fingerprint density at radius 2 is 1.45 bits per heavy atom. The van der Waals surface area contributed by atoms with Crippen LogP contribution in [0, 0.1) is 0 Å². The molecule has 5 nitrogen and oxygen atoms in total. The zero-order chi connectivity index (χ0) is 21.0. The SMILES string of the molecule is O=S(=O)(c1ccccc1)n1cc(-c2nc3ccccc3c3cc[nH]c23)c2ccccc21. The number of benzene rings is 3. The lowest BCUT2D eigenvalue weighted by molar-refractivity contribution is 0.589. The maximum atomic E-state index is 13.5. The van der Waals surface area contributed by atoms with Gasteiger partial charge in [-0.15, -0.1) is 0 Å². The average Bonchev–Trinajstić information content (AvgIpc) is 3.45. The Balaban J connectivity index is 1.70. The number of aromatic nitrogens is 3. The Morgan fingerprint density at radius 3 is 2.29 bits per heavy atom. The second-order valence-electron chi connectivity index (χ2n) is 7.42. The van der Waals surface area contributed by atoms with E-state index in [0.717, 1.165) is 38.4 Å². The van der Waals surface area contributed by atoms with Crippen LogP contribution in [0.2, 0.25) is 0 Å². The third kappa shape index (κ3) is 2.62. The zero-order valence-electron chi connectivity index (χ0n) is 16.4. The summed E-state index contributed by atoms with van der Waals surface area (Å²) in [6.07, 6.45) is 3.58. The molecular weight excluding hydrogens is 406 g/mol. The van der Waals surface area contributed by atoms with Gasteiger partial charge >= 0.3 is 0 Å². The van der Waals surface area contributed by atoms with Gasteiger partial charge in [-0.25, -0.2) is 17.4 Å². The lowest BCUT2D eigenvalue weighted by Crippen LogP contribution is -2.11. The quantitative estimate of drug-likeness (QED) is 0.404. The number of fused-ring (bicyclic) bond motifs is 4. The van der Waals surface area contributed by atoms with E-state index >= 15 is 0 Å². The molecule has 31 heavy (non-hydrogen) atoms. The molecule has 6 aromatic rings. The second kappa shape index (κ2) is 6.55. The van der Waals surface area contributed by atoms with E-state index in [2.05, 4.69) is 4.98 Å². The molecule has 150 valence electrons. The van der Waals surface area contributed by atoms with Crippen molar-refractivity contribution in [3.63, 3.8) is 0 Å². The normalized spacial score (nSPS) is 12.1. The summed E-state index contributed by atoms with van der Waals surface area (Å²) < 4.78 is 28.3. The monoisotopic (exact) mass is 423 g/mol. The molecule has 3 aromatic heterocycles. The molecule has 0 aliphatic carbocycles. The molecule has 6 rings (SSSR count). The van der Waals surface area contributed by atoms with E-state index in [1.165, 1.54) is 3.97 Å². The molecule has 0 radical (unpaired) electrons. The van der Waals surface area contributed by atoms with Gasteiger partial charge in [0.2, 0.25) is 0 Å². The molecule has 0 saturated heterocycles. The third-order valence-corrected chi connectivity index (χ3v) is 7.33. The van der Waals surface area contributed by atoms with E-state index in [1.807, 2.05) is 60.8 Å². The van der Waals surface area contributed by atoms with E-state index in [-0.39, 0.29) is 4.90 Å². The Morgan fingerprint density at radius 1 is 0.742 bits per heavy atom. The lowest BCUT2D eigenvalue weighted by atomic mass is 10.0. The van der Waals surface area contributed by atoms with Crippen molar-refractivity contribution >= 4 is 42.7 Å². The third-order valence-electron chi connectivity index (χ3n) is 5.64. The van der Waals surface area contributed by atoms with Gasteiger partial charge in [-0.05, 0) is 30.3 Å². The number of hydrogen-bond acceptors (Lipinski definition) is 3. The van der Waals surface area contributed by atoms with Crippen molar-refractivity contribution < 1.29 is 8.42 Å². The van der Waals surface area contributed by atoms with Crippen molar-refractivity contribution in [1.29, 1.82) is 0 Å². The molecule has 1 N–H and O–H groups in total. The van der Waals surface area contributed by atoms with Gasteiger partial charge in [-0.3, -0.25) is 0 Å². The number of pyridine rings is 1. The summed E-state index contributed by atoms with van der Waals surface area (Å²) in [4.78, 5) is 8.48. The fourth-order valence-corrected chi connectivity index (χ4v) is 5.59. The van der Waals surface area contributed by atoms with E-state index < -0.39 is 10.0 Å². The van der Waals surface area contributed by atoms with Crippen molar-refractivity contribution in [3.8, 4) is 11.3 Å². The van der Waals surface area contributed by atoms with Gasteiger partial charge in [0.1, 0.15) is 0 Å². The summed E-state index contributed by atoms with van der Waals surface area (Å²) in [7, 11) is -3.76. The summed E-state index contributed by atoms with van der Waals surface area (Å²) in [5.41, 5.74) is 3.88. The minimum atomic E-state index is -3.76. The van der Waals surface area contributed by atoms with Crippen LogP contribution in [0.4, 0.5) is 0 Å². The number of H-pyrrole nitrogens is 1. The predicted molar refractivity (Wildman–Crippen MR) is 124 cm³/mol. The van der Waals surface area contributed by atoms with Gasteiger partial charge < -0.3 is 4.98 Å². The first kappa shape index (κ1) is 17.9. The molecule has 0 fully saturated rings. The summed E-state index contributed by atoms with van der Waals surface area (Å²) >= 11 is 0. The van der Waals surface area contributed by atoms with Crippen LogP contribution in [-0.2, 0) is 10.0 Å². The summed E-state index contributed by atoms with van der Waals surface area (Å²) in [6, 6.07) is 26.0. The summed E-state index contributed by atoms with van der Waals surface area (Å²) in [5.74, 6) is 0. The fraction of sp³-hybridized carbons (Fsp3) is 0. The lowest BCUT2D eigenvalue weighted by Gasteiger charge is -2.07. The molecule has 0 saturated carbocycles. The standard InChI is InChI=1S/C25H17N3O2S/c29-31(30,17-8-2-1-3-9-17)28-16-21(19-11-5-7-13-23(19)28)25-24-20(14-15-26-24)18-10-4-6-12-22(18)27-25/h1-16,26H. The molecule has 0 atom stereocenters. The topological polar surface area (TPSA) is 67.8 Å². The predicted octanol–water partition coefficient (Wildman–Crippen LogP) is 5.57. The van der Waals surface area contributed by atoms with Crippen LogP contribution in [0.25, 0.3) is 44.0 Å². The molecule has 6 heteroatoms.